The Kier molecular flexibility index (Phi) is 8.70. The first kappa shape index (κ1) is 22.1. The summed E-state index contributed by atoms with van der Waals surface area (Å²) in [6.45, 7) is 6.78. The molecule has 1 rings (SSSR count). The van der Waals surface area contributed by atoms with E-state index in [9.17, 15) is 18.0 Å². The van der Waals surface area contributed by atoms with Gasteiger partial charge in [0.05, 0.1) is 18.0 Å². The van der Waals surface area contributed by atoms with Gasteiger partial charge in [-0.1, -0.05) is 6.07 Å². The zero-order valence-electron chi connectivity index (χ0n) is 15.7. The van der Waals surface area contributed by atoms with Crippen LogP contribution in [0.25, 0.3) is 0 Å². The number of carbonyl (C=O) groups is 2. The molecule has 1 aromatic rings. The number of hydrogen-bond acceptors (Lipinski definition) is 5. The number of aryl methyl sites for hydroxylation is 1. The summed E-state index contributed by atoms with van der Waals surface area (Å²) in [5.41, 5.74) is 0.834. The molecule has 0 aliphatic carbocycles. The zero-order valence-corrected chi connectivity index (χ0v) is 16.5. The number of nitrogens with zero attached hydrogens (tertiary/aromatic N) is 1. The van der Waals surface area contributed by atoms with Crippen LogP contribution in [-0.4, -0.2) is 65.0 Å². The molecular weight excluding hydrogens is 358 g/mol. The van der Waals surface area contributed by atoms with Crippen LogP contribution in [0.1, 0.15) is 29.8 Å². The molecular formula is C17H27N3O5S. The van der Waals surface area contributed by atoms with Crippen LogP contribution in [-0.2, 0) is 19.6 Å². The van der Waals surface area contributed by atoms with Crippen molar-refractivity contribution in [3.63, 3.8) is 0 Å². The highest BCUT2D eigenvalue weighted by Crippen LogP contribution is 2.15. The van der Waals surface area contributed by atoms with Crippen molar-refractivity contribution >= 4 is 21.8 Å². The summed E-state index contributed by atoms with van der Waals surface area (Å²) in [6, 6.07) is 4.30. The van der Waals surface area contributed by atoms with Crippen LogP contribution in [0.5, 0.6) is 0 Å². The predicted octanol–water partition coefficient (Wildman–Crippen LogP) is 0.518. The molecule has 0 aliphatic rings. The van der Waals surface area contributed by atoms with Gasteiger partial charge in [0.2, 0.25) is 15.9 Å². The van der Waals surface area contributed by atoms with E-state index in [0.29, 0.717) is 18.7 Å². The second-order valence-electron chi connectivity index (χ2n) is 5.62. The van der Waals surface area contributed by atoms with Crippen LogP contribution in [0, 0.1) is 6.92 Å². The van der Waals surface area contributed by atoms with Gasteiger partial charge in [-0.25, -0.2) is 13.1 Å². The average Bonchev–Trinajstić information content (AvgIpc) is 2.61. The molecule has 0 atom stereocenters. The van der Waals surface area contributed by atoms with Crippen LogP contribution < -0.4 is 10.0 Å². The van der Waals surface area contributed by atoms with E-state index in [1.54, 1.807) is 17.9 Å². The van der Waals surface area contributed by atoms with Crippen LogP contribution in [0.4, 0.5) is 0 Å². The van der Waals surface area contributed by atoms with E-state index >= 15 is 0 Å². The van der Waals surface area contributed by atoms with E-state index in [4.69, 9.17) is 4.74 Å². The lowest BCUT2D eigenvalue weighted by Crippen LogP contribution is -2.40. The van der Waals surface area contributed by atoms with Crippen molar-refractivity contribution in [1.82, 2.24) is 14.9 Å². The molecule has 2 N–H and O–H groups in total. The number of likely N-dealkylation sites (N-methyl/N-ethyl adjacent to an activating group) is 1. The number of sulfonamides is 1. The Bertz CT molecular complexity index is 730. The minimum absolute atomic E-state index is 0.0144. The zero-order chi connectivity index (χ0) is 19.7. The summed E-state index contributed by atoms with van der Waals surface area (Å²) in [7, 11) is -2.27. The van der Waals surface area contributed by atoms with Crippen molar-refractivity contribution in [2.45, 2.75) is 25.7 Å². The quantitative estimate of drug-likeness (QED) is 0.571. The molecule has 1 aromatic carbocycles. The lowest BCUT2D eigenvalue weighted by Gasteiger charge is -2.19. The Morgan fingerprint density at radius 2 is 1.85 bits per heavy atom. The van der Waals surface area contributed by atoms with Gasteiger partial charge in [0.15, 0.2) is 0 Å². The van der Waals surface area contributed by atoms with Crippen LogP contribution in [0.3, 0.4) is 0 Å². The van der Waals surface area contributed by atoms with Crippen molar-refractivity contribution in [2.24, 2.45) is 0 Å². The maximum Gasteiger partial charge on any atom is 0.252 e. The number of rotatable bonds is 10. The summed E-state index contributed by atoms with van der Waals surface area (Å²) < 4.78 is 31.8. The fourth-order valence-corrected chi connectivity index (χ4v) is 3.35. The third-order valence-electron chi connectivity index (χ3n) is 3.88. The molecule has 26 heavy (non-hydrogen) atoms. The van der Waals surface area contributed by atoms with Gasteiger partial charge in [-0.2, -0.15) is 0 Å². The van der Waals surface area contributed by atoms with E-state index < -0.39 is 15.9 Å². The van der Waals surface area contributed by atoms with Crippen molar-refractivity contribution in [3.05, 3.63) is 29.3 Å². The van der Waals surface area contributed by atoms with E-state index in [-0.39, 0.29) is 36.1 Å². The second-order valence-corrected chi connectivity index (χ2v) is 7.38. The van der Waals surface area contributed by atoms with Gasteiger partial charge in [0.25, 0.3) is 5.91 Å². The van der Waals surface area contributed by atoms with E-state index in [1.165, 1.54) is 19.2 Å². The van der Waals surface area contributed by atoms with Gasteiger partial charge in [-0.3, -0.25) is 9.59 Å². The molecule has 8 nitrogen and oxygen atoms in total. The summed E-state index contributed by atoms with van der Waals surface area (Å²) >= 11 is 0. The molecule has 0 spiro atoms. The van der Waals surface area contributed by atoms with Gasteiger partial charge in [0.1, 0.15) is 0 Å². The SMILES string of the molecule is CCN(CC)C(=O)CNC(=O)c1cc(S(=O)(=O)NCCOC)ccc1C. The van der Waals surface area contributed by atoms with Crippen molar-refractivity contribution in [3.8, 4) is 0 Å². The van der Waals surface area contributed by atoms with E-state index in [1.807, 2.05) is 13.8 Å². The molecule has 0 aliphatic heterocycles. The molecule has 0 bridgehead atoms. The number of methoxy groups -OCH3 is 1. The largest absolute Gasteiger partial charge is 0.383 e. The average molecular weight is 385 g/mol. The molecule has 0 saturated heterocycles. The number of nitrogens with one attached hydrogen (secondary N) is 2. The van der Waals surface area contributed by atoms with Crippen LogP contribution in [0.2, 0.25) is 0 Å². The monoisotopic (exact) mass is 385 g/mol. The van der Waals surface area contributed by atoms with Crippen molar-refractivity contribution < 1.29 is 22.7 Å². The Morgan fingerprint density at radius 1 is 1.19 bits per heavy atom. The maximum atomic E-state index is 12.4. The van der Waals surface area contributed by atoms with Crippen molar-refractivity contribution in [2.75, 3.05) is 39.9 Å². The molecule has 0 aromatic heterocycles. The Balaban J connectivity index is 2.89. The molecule has 0 saturated carbocycles. The van der Waals surface area contributed by atoms with Gasteiger partial charge >= 0.3 is 0 Å². The smallest absolute Gasteiger partial charge is 0.252 e. The third kappa shape index (κ3) is 6.08. The molecule has 146 valence electrons. The number of amides is 2. The highest BCUT2D eigenvalue weighted by atomic mass is 32.2. The molecule has 0 heterocycles. The maximum absolute atomic E-state index is 12.4. The first-order valence-corrected chi connectivity index (χ1v) is 9.90. The number of carbonyl (C=O) groups excluding carboxylic acids is 2. The first-order valence-electron chi connectivity index (χ1n) is 8.42. The summed E-state index contributed by atoms with van der Waals surface area (Å²) in [5, 5.41) is 2.55. The summed E-state index contributed by atoms with van der Waals surface area (Å²) in [5.74, 6) is -0.678. The Hall–Kier alpha value is -1.97. The van der Waals surface area contributed by atoms with Gasteiger partial charge in [-0.15, -0.1) is 0 Å². The van der Waals surface area contributed by atoms with Crippen LogP contribution in [0.15, 0.2) is 23.1 Å². The predicted molar refractivity (Wildman–Crippen MR) is 98.5 cm³/mol. The highest BCUT2D eigenvalue weighted by molar-refractivity contribution is 7.89. The number of ether oxygens (including phenoxy) is 1. The van der Waals surface area contributed by atoms with Gasteiger partial charge in [-0.05, 0) is 38.5 Å². The highest BCUT2D eigenvalue weighted by Gasteiger charge is 2.18. The Labute approximate surface area is 155 Å². The topological polar surface area (TPSA) is 105 Å². The van der Waals surface area contributed by atoms with Crippen molar-refractivity contribution in [1.29, 1.82) is 0 Å². The number of benzene rings is 1. The Morgan fingerprint density at radius 3 is 2.42 bits per heavy atom. The second kappa shape index (κ2) is 10.2. The van der Waals surface area contributed by atoms with Crippen LogP contribution >= 0.6 is 0 Å². The minimum Gasteiger partial charge on any atom is -0.383 e. The summed E-state index contributed by atoms with van der Waals surface area (Å²) in [4.78, 5) is 26.0. The minimum atomic E-state index is -3.74. The standard InChI is InChI=1S/C17H27N3O5S/c1-5-20(6-2)16(21)12-18-17(22)15-11-14(8-7-13(15)3)26(23,24)19-9-10-25-4/h7-8,11,19H,5-6,9-10,12H2,1-4H3,(H,18,22). The van der Waals surface area contributed by atoms with E-state index in [0.717, 1.165) is 0 Å². The fraction of sp³-hybridized carbons (Fsp3) is 0.529. The molecule has 0 radical (unpaired) electrons. The molecule has 2 amide bonds. The first-order chi connectivity index (χ1) is 12.3. The molecule has 0 fully saturated rings. The molecule has 0 unspecified atom stereocenters. The van der Waals surface area contributed by atoms with Gasteiger partial charge < -0.3 is 15.0 Å². The lowest BCUT2D eigenvalue weighted by molar-refractivity contribution is -0.129. The van der Waals surface area contributed by atoms with Gasteiger partial charge in [0, 0.05) is 32.3 Å². The third-order valence-corrected chi connectivity index (χ3v) is 5.34. The van der Waals surface area contributed by atoms with E-state index in [2.05, 4.69) is 10.0 Å². The molecule has 9 heteroatoms. The number of hydrogen-bond donors (Lipinski definition) is 2. The normalized spacial score (nSPS) is 11.2. The summed E-state index contributed by atoms with van der Waals surface area (Å²) in [6.07, 6.45) is 0. The lowest BCUT2D eigenvalue weighted by atomic mass is 10.1. The fourth-order valence-electron chi connectivity index (χ4n) is 2.31.